The Kier molecular flexibility index (Phi) is 7.30. The largest absolute Gasteiger partial charge is 0.345 e. The number of hydrogen-bond acceptors (Lipinski definition) is 4. The molecule has 0 spiro atoms. The molecule has 7 heteroatoms. The number of hydrogen-bond donors (Lipinski definition) is 2. The van der Waals surface area contributed by atoms with Gasteiger partial charge in [-0.2, -0.15) is 0 Å². The van der Waals surface area contributed by atoms with E-state index in [1.807, 2.05) is 48.1 Å². The molecule has 2 amide bonds. The lowest BCUT2D eigenvalue weighted by molar-refractivity contribution is -0.113. The van der Waals surface area contributed by atoms with Gasteiger partial charge in [0.1, 0.15) is 0 Å². The van der Waals surface area contributed by atoms with Gasteiger partial charge in [0.2, 0.25) is 5.91 Å². The molecule has 156 valence electrons. The van der Waals surface area contributed by atoms with E-state index < -0.39 is 0 Å². The molecular formula is C23H26N4O2S. The third kappa shape index (κ3) is 5.73. The number of nitrogens with zero attached hydrogens (tertiary/aromatic N) is 2. The van der Waals surface area contributed by atoms with Gasteiger partial charge in [0.25, 0.3) is 5.91 Å². The van der Waals surface area contributed by atoms with Crippen molar-refractivity contribution in [1.82, 2.24) is 14.9 Å². The zero-order chi connectivity index (χ0) is 21.5. The summed E-state index contributed by atoms with van der Waals surface area (Å²) < 4.78 is 1.87. The van der Waals surface area contributed by atoms with Crippen molar-refractivity contribution in [2.45, 2.75) is 25.0 Å². The van der Waals surface area contributed by atoms with Gasteiger partial charge in [0, 0.05) is 30.7 Å². The molecule has 0 saturated heterocycles. The van der Waals surface area contributed by atoms with Crippen LogP contribution in [0.3, 0.4) is 0 Å². The van der Waals surface area contributed by atoms with Crippen LogP contribution < -0.4 is 10.6 Å². The van der Waals surface area contributed by atoms with Crippen molar-refractivity contribution in [3.05, 3.63) is 78.1 Å². The van der Waals surface area contributed by atoms with Gasteiger partial charge < -0.3 is 15.2 Å². The van der Waals surface area contributed by atoms with Gasteiger partial charge >= 0.3 is 0 Å². The molecule has 0 aliphatic rings. The summed E-state index contributed by atoms with van der Waals surface area (Å²) >= 11 is 1.37. The van der Waals surface area contributed by atoms with Gasteiger partial charge in [-0.05, 0) is 35.7 Å². The smallest absolute Gasteiger partial charge is 0.251 e. The molecule has 6 nitrogen and oxygen atoms in total. The van der Waals surface area contributed by atoms with Crippen molar-refractivity contribution in [1.29, 1.82) is 0 Å². The Morgan fingerprint density at radius 2 is 1.77 bits per heavy atom. The van der Waals surface area contributed by atoms with Crippen LogP contribution in [0.1, 0.15) is 35.8 Å². The summed E-state index contributed by atoms with van der Waals surface area (Å²) in [6, 6.07) is 16.8. The van der Waals surface area contributed by atoms with E-state index in [2.05, 4.69) is 29.5 Å². The Hall–Kier alpha value is -3.06. The number of carbonyl (C=O) groups excluding carboxylic acids is 2. The number of aryl methyl sites for hydroxylation is 1. The highest BCUT2D eigenvalue weighted by Gasteiger charge is 2.19. The van der Waals surface area contributed by atoms with Crippen molar-refractivity contribution in [3.8, 4) is 0 Å². The summed E-state index contributed by atoms with van der Waals surface area (Å²) in [6.07, 6.45) is 3.54. The summed E-state index contributed by atoms with van der Waals surface area (Å²) in [7, 11) is 1.89. The Labute approximate surface area is 181 Å². The van der Waals surface area contributed by atoms with Crippen LogP contribution in [0.25, 0.3) is 0 Å². The first-order valence-electron chi connectivity index (χ1n) is 9.80. The Morgan fingerprint density at radius 3 is 2.37 bits per heavy atom. The molecule has 0 aliphatic heterocycles. The van der Waals surface area contributed by atoms with Crippen LogP contribution in [0.2, 0.25) is 0 Å². The normalized spacial score (nSPS) is 11.9. The van der Waals surface area contributed by atoms with Gasteiger partial charge in [-0.15, -0.1) is 0 Å². The van der Waals surface area contributed by atoms with Crippen LogP contribution >= 0.6 is 11.8 Å². The fourth-order valence-electron chi connectivity index (χ4n) is 3.04. The van der Waals surface area contributed by atoms with E-state index in [1.54, 1.807) is 30.5 Å². The van der Waals surface area contributed by atoms with Crippen molar-refractivity contribution in [3.63, 3.8) is 0 Å². The number of benzene rings is 2. The number of imidazole rings is 1. The third-order valence-corrected chi connectivity index (χ3v) is 5.71. The van der Waals surface area contributed by atoms with Crippen molar-refractivity contribution >= 4 is 29.3 Å². The maximum Gasteiger partial charge on any atom is 0.251 e. The fourth-order valence-corrected chi connectivity index (χ4v) is 3.78. The Balaban J connectivity index is 1.57. The van der Waals surface area contributed by atoms with E-state index in [-0.39, 0.29) is 29.5 Å². The summed E-state index contributed by atoms with van der Waals surface area (Å²) in [5.41, 5.74) is 2.28. The summed E-state index contributed by atoms with van der Waals surface area (Å²) in [4.78, 5) is 29.1. The molecule has 0 radical (unpaired) electrons. The maximum absolute atomic E-state index is 12.7. The van der Waals surface area contributed by atoms with Crippen LogP contribution in [0, 0.1) is 5.92 Å². The number of thioether (sulfide) groups is 1. The first kappa shape index (κ1) is 21.6. The molecule has 3 rings (SSSR count). The third-order valence-electron chi connectivity index (χ3n) is 4.65. The number of anilines is 1. The van der Waals surface area contributed by atoms with Gasteiger partial charge in [-0.25, -0.2) is 4.98 Å². The lowest BCUT2D eigenvalue weighted by Gasteiger charge is -2.23. The summed E-state index contributed by atoms with van der Waals surface area (Å²) in [6.45, 7) is 4.17. The predicted molar refractivity (Wildman–Crippen MR) is 120 cm³/mol. The van der Waals surface area contributed by atoms with Crippen LogP contribution in [0.5, 0.6) is 0 Å². The van der Waals surface area contributed by atoms with Gasteiger partial charge in [-0.1, -0.05) is 55.9 Å². The molecular weight excluding hydrogens is 396 g/mol. The average molecular weight is 423 g/mol. The quantitative estimate of drug-likeness (QED) is 0.531. The highest BCUT2D eigenvalue weighted by atomic mass is 32.2. The SMILES string of the molecule is CC(C)C(NC(=O)c1ccc(NC(=O)CSc2nccn2C)cc1)c1ccccc1. The first-order valence-corrected chi connectivity index (χ1v) is 10.8. The predicted octanol–water partition coefficient (Wildman–Crippen LogP) is 4.28. The minimum Gasteiger partial charge on any atom is -0.345 e. The molecule has 0 saturated carbocycles. The topological polar surface area (TPSA) is 76.0 Å². The molecule has 1 unspecified atom stereocenters. The lowest BCUT2D eigenvalue weighted by atomic mass is 9.95. The zero-order valence-electron chi connectivity index (χ0n) is 17.3. The number of rotatable bonds is 8. The van der Waals surface area contributed by atoms with E-state index in [4.69, 9.17) is 0 Å². The van der Waals surface area contributed by atoms with Crippen LogP contribution in [-0.4, -0.2) is 27.1 Å². The van der Waals surface area contributed by atoms with Gasteiger partial charge in [-0.3, -0.25) is 9.59 Å². The van der Waals surface area contributed by atoms with E-state index in [9.17, 15) is 9.59 Å². The molecule has 30 heavy (non-hydrogen) atoms. The molecule has 1 heterocycles. The van der Waals surface area contributed by atoms with Crippen LogP contribution in [0.15, 0.2) is 72.1 Å². The highest BCUT2D eigenvalue weighted by molar-refractivity contribution is 7.99. The van der Waals surface area contributed by atoms with E-state index in [1.165, 1.54) is 11.8 Å². The molecule has 2 N–H and O–H groups in total. The maximum atomic E-state index is 12.7. The summed E-state index contributed by atoms with van der Waals surface area (Å²) in [5, 5.41) is 6.75. The molecule has 2 aromatic carbocycles. The fraction of sp³-hybridized carbons (Fsp3) is 0.261. The van der Waals surface area contributed by atoms with Gasteiger partial charge in [0.15, 0.2) is 5.16 Å². The Morgan fingerprint density at radius 1 is 1.07 bits per heavy atom. The second kappa shape index (κ2) is 10.1. The number of carbonyl (C=O) groups is 2. The van der Waals surface area contributed by atoms with Gasteiger partial charge in [0.05, 0.1) is 11.8 Å². The van der Waals surface area contributed by atoms with Crippen molar-refractivity contribution in [2.75, 3.05) is 11.1 Å². The lowest BCUT2D eigenvalue weighted by Crippen LogP contribution is -2.31. The summed E-state index contributed by atoms with van der Waals surface area (Å²) in [5.74, 6) is 0.260. The second-order valence-electron chi connectivity index (χ2n) is 7.34. The number of amides is 2. The molecule has 1 atom stereocenters. The molecule has 0 bridgehead atoms. The van der Waals surface area contributed by atoms with E-state index >= 15 is 0 Å². The average Bonchev–Trinajstić information content (AvgIpc) is 3.16. The van der Waals surface area contributed by atoms with Crippen molar-refractivity contribution < 1.29 is 9.59 Å². The standard InChI is InChI=1S/C23H26N4O2S/c1-16(2)21(17-7-5-4-6-8-17)26-22(29)18-9-11-19(12-10-18)25-20(28)15-30-23-24-13-14-27(23)3/h4-14,16,21H,15H2,1-3H3,(H,25,28)(H,26,29). The number of nitrogens with one attached hydrogen (secondary N) is 2. The van der Waals surface area contributed by atoms with Crippen LogP contribution in [0.4, 0.5) is 5.69 Å². The van der Waals surface area contributed by atoms with Crippen LogP contribution in [-0.2, 0) is 11.8 Å². The zero-order valence-corrected chi connectivity index (χ0v) is 18.1. The molecule has 0 aliphatic carbocycles. The Bertz CT molecular complexity index is 984. The molecule has 1 aromatic heterocycles. The van der Waals surface area contributed by atoms with E-state index in [0.717, 1.165) is 10.7 Å². The van der Waals surface area contributed by atoms with Crippen molar-refractivity contribution in [2.24, 2.45) is 13.0 Å². The molecule has 3 aromatic rings. The highest BCUT2D eigenvalue weighted by Crippen LogP contribution is 2.22. The minimum absolute atomic E-state index is 0.0683. The first-order chi connectivity index (χ1) is 14.4. The number of aromatic nitrogens is 2. The van der Waals surface area contributed by atoms with E-state index in [0.29, 0.717) is 11.3 Å². The monoisotopic (exact) mass is 422 g/mol. The minimum atomic E-state index is -0.138. The second-order valence-corrected chi connectivity index (χ2v) is 8.28. The molecule has 0 fully saturated rings.